The average molecular weight is 423 g/mol. The average Bonchev–Trinajstić information content (AvgIpc) is 3.15. The number of aryl methyl sites for hydroxylation is 3. The van der Waals surface area contributed by atoms with Crippen molar-refractivity contribution in [3.63, 3.8) is 0 Å². The Balaban J connectivity index is 1.51. The minimum Gasteiger partial charge on any atom is -0.455 e. The molecule has 2 aromatic carbocycles. The summed E-state index contributed by atoms with van der Waals surface area (Å²) in [6, 6.07) is 13.7. The Morgan fingerprint density at radius 3 is 2.58 bits per heavy atom. The number of unbranched alkanes of at least 4 members (excludes halogenated alkanes) is 1. The number of carbonyl (C=O) groups excluding carboxylic acids is 3. The third-order valence-corrected chi connectivity index (χ3v) is 5.54. The van der Waals surface area contributed by atoms with Gasteiger partial charge >= 0.3 is 5.97 Å². The van der Waals surface area contributed by atoms with Gasteiger partial charge in [-0.3, -0.25) is 14.4 Å². The van der Waals surface area contributed by atoms with Crippen LogP contribution in [0.4, 0.5) is 11.4 Å². The highest BCUT2D eigenvalue weighted by molar-refractivity contribution is 6.00. The lowest BCUT2D eigenvalue weighted by molar-refractivity contribution is -0.151. The van der Waals surface area contributed by atoms with Crippen LogP contribution in [0.5, 0.6) is 0 Å². The van der Waals surface area contributed by atoms with Gasteiger partial charge in [-0.25, -0.2) is 0 Å². The zero-order chi connectivity index (χ0) is 22.4. The molecule has 0 unspecified atom stereocenters. The van der Waals surface area contributed by atoms with Crippen LogP contribution < -0.4 is 10.2 Å². The first kappa shape index (κ1) is 22.5. The molecule has 1 aliphatic rings. The van der Waals surface area contributed by atoms with Gasteiger partial charge in [0.1, 0.15) is 0 Å². The van der Waals surface area contributed by atoms with E-state index in [1.807, 2.05) is 56.3 Å². The van der Waals surface area contributed by atoms with Gasteiger partial charge in [0, 0.05) is 24.3 Å². The molecule has 1 atom stereocenters. The fraction of sp³-hybridized carbons (Fsp3) is 0.400. The summed E-state index contributed by atoms with van der Waals surface area (Å²) in [5.74, 6) is -1.60. The molecule has 0 aromatic heterocycles. The van der Waals surface area contributed by atoms with Gasteiger partial charge in [0.2, 0.25) is 5.91 Å². The quantitative estimate of drug-likeness (QED) is 0.648. The first-order valence-electron chi connectivity index (χ1n) is 10.8. The molecule has 1 saturated heterocycles. The van der Waals surface area contributed by atoms with E-state index >= 15 is 0 Å². The molecule has 2 amide bonds. The Morgan fingerprint density at radius 1 is 1.13 bits per heavy atom. The number of nitrogens with zero attached hydrogens (tertiary/aromatic N) is 1. The summed E-state index contributed by atoms with van der Waals surface area (Å²) in [4.78, 5) is 38.7. The number of anilines is 2. The minimum atomic E-state index is -0.569. The van der Waals surface area contributed by atoms with E-state index in [-0.39, 0.29) is 25.5 Å². The van der Waals surface area contributed by atoms with E-state index in [1.165, 1.54) is 5.56 Å². The summed E-state index contributed by atoms with van der Waals surface area (Å²) in [5.41, 5.74) is 4.69. The van der Waals surface area contributed by atoms with Gasteiger partial charge in [0.05, 0.1) is 5.92 Å². The monoisotopic (exact) mass is 422 g/mol. The smallest absolute Gasteiger partial charge is 0.311 e. The molecule has 1 aliphatic heterocycles. The van der Waals surface area contributed by atoms with E-state index < -0.39 is 17.8 Å². The van der Waals surface area contributed by atoms with Gasteiger partial charge in [-0.15, -0.1) is 0 Å². The molecule has 31 heavy (non-hydrogen) atoms. The molecule has 0 saturated carbocycles. The normalized spacial score (nSPS) is 15.8. The van der Waals surface area contributed by atoms with E-state index in [9.17, 15) is 14.4 Å². The van der Waals surface area contributed by atoms with E-state index in [4.69, 9.17) is 4.74 Å². The van der Waals surface area contributed by atoms with Gasteiger partial charge in [-0.05, 0) is 61.6 Å². The molecular formula is C25H30N2O4. The van der Waals surface area contributed by atoms with Crippen molar-refractivity contribution >= 4 is 29.2 Å². The first-order valence-corrected chi connectivity index (χ1v) is 10.8. The van der Waals surface area contributed by atoms with Gasteiger partial charge in [0.15, 0.2) is 6.61 Å². The van der Waals surface area contributed by atoms with Crippen LogP contribution in [0.25, 0.3) is 0 Å². The van der Waals surface area contributed by atoms with Crippen LogP contribution in [0.15, 0.2) is 42.5 Å². The molecule has 0 bridgehead atoms. The Morgan fingerprint density at radius 2 is 1.87 bits per heavy atom. The number of carbonyl (C=O) groups is 3. The van der Waals surface area contributed by atoms with Crippen molar-refractivity contribution in [1.82, 2.24) is 0 Å². The molecular weight excluding hydrogens is 392 g/mol. The Hall–Kier alpha value is -3.15. The number of hydrogen-bond acceptors (Lipinski definition) is 4. The highest BCUT2D eigenvalue weighted by Crippen LogP contribution is 2.26. The molecule has 6 nitrogen and oxygen atoms in total. The summed E-state index contributed by atoms with van der Waals surface area (Å²) >= 11 is 0. The van der Waals surface area contributed by atoms with Crippen molar-refractivity contribution in [2.45, 2.75) is 46.5 Å². The molecule has 6 heteroatoms. The Labute approximate surface area is 183 Å². The van der Waals surface area contributed by atoms with E-state index in [1.54, 1.807) is 4.90 Å². The zero-order valence-corrected chi connectivity index (χ0v) is 18.4. The number of ether oxygens (including phenoxy) is 1. The van der Waals surface area contributed by atoms with Crippen LogP contribution in [-0.4, -0.2) is 30.9 Å². The van der Waals surface area contributed by atoms with Crippen molar-refractivity contribution in [2.24, 2.45) is 5.92 Å². The molecule has 0 aliphatic carbocycles. The second-order valence-corrected chi connectivity index (χ2v) is 8.15. The van der Waals surface area contributed by atoms with Gasteiger partial charge < -0.3 is 15.0 Å². The summed E-state index contributed by atoms with van der Waals surface area (Å²) in [6.07, 6.45) is 3.38. The maximum atomic E-state index is 12.4. The highest BCUT2D eigenvalue weighted by Gasteiger charge is 2.36. The molecule has 0 spiro atoms. The van der Waals surface area contributed by atoms with Crippen molar-refractivity contribution < 1.29 is 19.1 Å². The van der Waals surface area contributed by atoms with Crippen LogP contribution in [0.3, 0.4) is 0 Å². The number of amides is 2. The minimum absolute atomic E-state index is 0.0923. The fourth-order valence-corrected chi connectivity index (χ4v) is 3.65. The molecule has 1 N–H and O–H groups in total. The van der Waals surface area contributed by atoms with Crippen molar-refractivity contribution in [2.75, 3.05) is 23.4 Å². The van der Waals surface area contributed by atoms with Crippen LogP contribution in [0, 0.1) is 19.8 Å². The van der Waals surface area contributed by atoms with Gasteiger partial charge in [-0.1, -0.05) is 37.6 Å². The summed E-state index contributed by atoms with van der Waals surface area (Å²) in [6.45, 7) is 5.89. The SMILES string of the molecule is CCCCc1ccc(N2C[C@@H](C(=O)OCC(=O)Nc3cc(C)ccc3C)CC2=O)cc1. The molecule has 164 valence electrons. The van der Waals surface area contributed by atoms with E-state index in [0.717, 1.165) is 36.1 Å². The summed E-state index contributed by atoms with van der Waals surface area (Å²) in [7, 11) is 0. The maximum Gasteiger partial charge on any atom is 0.311 e. The predicted octanol–water partition coefficient (Wildman–Crippen LogP) is 4.18. The number of nitrogens with one attached hydrogen (secondary N) is 1. The molecule has 2 aromatic rings. The number of benzene rings is 2. The lowest BCUT2D eigenvalue weighted by Crippen LogP contribution is -2.28. The largest absolute Gasteiger partial charge is 0.455 e. The third kappa shape index (κ3) is 5.94. The number of hydrogen-bond donors (Lipinski definition) is 1. The van der Waals surface area contributed by atoms with Crippen LogP contribution >= 0.6 is 0 Å². The lowest BCUT2D eigenvalue weighted by atomic mass is 10.1. The third-order valence-electron chi connectivity index (χ3n) is 5.54. The van der Waals surface area contributed by atoms with Gasteiger partial charge in [-0.2, -0.15) is 0 Å². The van der Waals surface area contributed by atoms with Crippen molar-refractivity contribution in [3.05, 3.63) is 59.2 Å². The standard InChI is InChI=1S/C25H30N2O4/c1-4-5-6-19-9-11-21(12-10-19)27-15-20(14-24(27)29)25(30)31-16-23(28)26-22-13-17(2)7-8-18(22)3/h7-13,20H,4-6,14-16H2,1-3H3,(H,26,28)/t20-/m0/s1. The number of rotatable bonds is 8. The lowest BCUT2D eigenvalue weighted by Gasteiger charge is -2.17. The van der Waals surface area contributed by atoms with Gasteiger partial charge in [0.25, 0.3) is 5.91 Å². The second-order valence-electron chi connectivity index (χ2n) is 8.15. The highest BCUT2D eigenvalue weighted by atomic mass is 16.5. The van der Waals surface area contributed by atoms with Crippen molar-refractivity contribution in [1.29, 1.82) is 0 Å². The molecule has 3 rings (SSSR count). The number of esters is 1. The van der Waals surface area contributed by atoms with E-state index in [2.05, 4.69) is 12.2 Å². The Bertz CT molecular complexity index is 952. The van der Waals surface area contributed by atoms with Crippen molar-refractivity contribution in [3.8, 4) is 0 Å². The molecule has 1 fully saturated rings. The molecule has 0 radical (unpaired) electrons. The first-order chi connectivity index (χ1) is 14.9. The van der Waals surface area contributed by atoms with E-state index in [0.29, 0.717) is 5.69 Å². The van der Waals surface area contributed by atoms with Crippen LogP contribution in [0.2, 0.25) is 0 Å². The maximum absolute atomic E-state index is 12.4. The summed E-state index contributed by atoms with van der Waals surface area (Å²) in [5, 5.41) is 2.77. The summed E-state index contributed by atoms with van der Waals surface area (Å²) < 4.78 is 5.20. The fourth-order valence-electron chi connectivity index (χ4n) is 3.65. The Kier molecular flexibility index (Phi) is 7.45. The van der Waals surface area contributed by atoms with Crippen LogP contribution in [-0.2, 0) is 25.5 Å². The predicted molar refractivity (Wildman–Crippen MR) is 121 cm³/mol. The zero-order valence-electron chi connectivity index (χ0n) is 18.4. The van der Waals surface area contributed by atoms with Crippen LogP contribution in [0.1, 0.15) is 42.9 Å². The molecule has 1 heterocycles. The second kappa shape index (κ2) is 10.2. The topological polar surface area (TPSA) is 75.7 Å².